The van der Waals surface area contributed by atoms with Crippen LogP contribution in [0.25, 0.3) is 17.8 Å². The fraction of sp³-hybridized carbons (Fsp3) is 0.0625. The second kappa shape index (κ2) is 6.18. The highest BCUT2D eigenvalue weighted by atomic mass is 16.6. The summed E-state index contributed by atoms with van der Waals surface area (Å²) in [4.78, 5) is 18.1. The monoisotopic (exact) mass is 307 g/mol. The summed E-state index contributed by atoms with van der Waals surface area (Å²) in [5.41, 5.74) is 3.68. The average molecular weight is 307 g/mol. The predicted molar refractivity (Wildman–Crippen MR) is 85.9 cm³/mol. The molecule has 0 saturated carbocycles. The number of nitro groups is 1. The second-order valence-electron chi connectivity index (χ2n) is 4.92. The van der Waals surface area contributed by atoms with E-state index in [1.165, 1.54) is 18.6 Å². The molecule has 3 rings (SSSR count). The molecule has 0 fully saturated rings. The molecule has 0 aliphatic carbocycles. The lowest BCUT2D eigenvalue weighted by molar-refractivity contribution is -0.385. The van der Waals surface area contributed by atoms with Gasteiger partial charge in [0.1, 0.15) is 18.9 Å². The van der Waals surface area contributed by atoms with Gasteiger partial charge in [-0.25, -0.2) is 14.6 Å². The summed E-state index contributed by atoms with van der Waals surface area (Å²) in [7, 11) is 0. The van der Waals surface area contributed by atoms with Gasteiger partial charge in [0, 0.05) is 6.07 Å². The van der Waals surface area contributed by atoms with Crippen molar-refractivity contribution in [2.75, 3.05) is 0 Å². The normalized spacial score (nSPS) is 11.0. The van der Waals surface area contributed by atoms with Crippen molar-refractivity contribution in [1.29, 1.82) is 0 Å². The van der Waals surface area contributed by atoms with E-state index in [9.17, 15) is 10.1 Å². The molecular weight excluding hydrogens is 294 g/mol. The van der Waals surface area contributed by atoms with E-state index in [-0.39, 0.29) is 5.69 Å². The molecule has 0 amide bonds. The smallest absolute Gasteiger partial charge is 0.258 e. The number of rotatable bonds is 4. The zero-order valence-corrected chi connectivity index (χ0v) is 12.3. The first-order chi connectivity index (χ1) is 11.1. The quantitative estimate of drug-likeness (QED) is 0.546. The van der Waals surface area contributed by atoms with Gasteiger partial charge in [-0.1, -0.05) is 12.1 Å². The Kier molecular flexibility index (Phi) is 3.92. The summed E-state index contributed by atoms with van der Waals surface area (Å²) in [6.45, 7) is 2.00. The minimum atomic E-state index is -0.466. The number of hydrogen-bond acceptors (Lipinski definition) is 5. The van der Waals surface area contributed by atoms with E-state index in [1.807, 2.05) is 37.3 Å². The summed E-state index contributed by atoms with van der Waals surface area (Å²) in [6.07, 6.45) is 8.12. The van der Waals surface area contributed by atoms with Crippen LogP contribution in [0.3, 0.4) is 0 Å². The zero-order chi connectivity index (χ0) is 16.2. The highest BCUT2D eigenvalue weighted by Crippen LogP contribution is 2.17. The SMILES string of the molecule is Cc1cc(C=Cc2ccc([N+](=O)[O-])cn2)ccc1-n1cncn1. The number of hydrogen-bond donors (Lipinski definition) is 0. The lowest BCUT2D eigenvalue weighted by Gasteiger charge is -2.05. The molecule has 2 aromatic heterocycles. The first-order valence-electron chi connectivity index (χ1n) is 6.88. The second-order valence-corrected chi connectivity index (χ2v) is 4.92. The Morgan fingerprint density at radius 1 is 1.22 bits per heavy atom. The molecule has 0 aliphatic heterocycles. The van der Waals surface area contributed by atoms with Crippen molar-refractivity contribution in [3.63, 3.8) is 0 Å². The van der Waals surface area contributed by atoms with Crippen molar-refractivity contribution < 1.29 is 4.92 Å². The van der Waals surface area contributed by atoms with E-state index in [0.29, 0.717) is 5.69 Å². The topological polar surface area (TPSA) is 86.7 Å². The summed E-state index contributed by atoms with van der Waals surface area (Å²) < 4.78 is 1.71. The fourth-order valence-electron chi connectivity index (χ4n) is 2.16. The van der Waals surface area contributed by atoms with Gasteiger partial charge in [0.2, 0.25) is 0 Å². The average Bonchev–Trinajstić information content (AvgIpc) is 3.07. The van der Waals surface area contributed by atoms with Crippen LogP contribution in [0.15, 0.2) is 49.2 Å². The molecule has 7 nitrogen and oxygen atoms in total. The maximum Gasteiger partial charge on any atom is 0.287 e. The van der Waals surface area contributed by atoms with E-state index in [1.54, 1.807) is 17.1 Å². The number of aromatic nitrogens is 4. The Bertz CT molecular complexity index is 855. The maximum absolute atomic E-state index is 10.6. The molecule has 0 saturated heterocycles. The van der Waals surface area contributed by atoms with Crippen molar-refractivity contribution in [1.82, 2.24) is 19.7 Å². The molecule has 0 aliphatic rings. The van der Waals surface area contributed by atoms with Crippen molar-refractivity contribution in [3.05, 3.63) is 76.1 Å². The third-order valence-corrected chi connectivity index (χ3v) is 3.31. The number of aryl methyl sites for hydroxylation is 1. The number of nitrogens with zero attached hydrogens (tertiary/aromatic N) is 5. The van der Waals surface area contributed by atoms with Gasteiger partial charge in [-0.15, -0.1) is 0 Å². The Morgan fingerprint density at radius 2 is 2.09 bits per heavy atom. The van der Waals surface area contributed by atoms with Gasteiger partial charge in [0.15, 0.2) is 0 Å². The summed E-state index contributed by atoms with van der Waals surface area (Å²) in [6, 6.07) is 9.01. The largest absolute Gasteiger partial charge is 0.287 e. The molecular formula is C16H13N5O2. The van der Waals surface area contributed by atoms with Crippen molar-refractivity contribution in [2.45, 2.75) is 6.92 Å². The first-order valence-corrected chi connectivity index (χ1v) is 6.88. The highest BCUT2D eigenvalue weighted by Gasteiger charge is 2.04. The van der Waals surface area contributed by atoms with Crippen LogP contribution in [0.4, 0.5) is 5.69 Å². The van der Waals surface area contributed by atoms with E-state index in [2.05, 4.69) is 15.1 Å². The van der Waals surface area contributed by atoms with Crippen LogP contribution in [0, 0.1) is 17.0 Å². The molecule has 0 radical (unpaired) electrons. The van der Waals surface area contributed by atoms with Crippen LogP contribution in [-0.2, 0) is 0 Å². The number of pyridine rings is 1. The lowest BCUT2D eigenvalue weighted by Crippen LogP contribution is -1.97. The van der Waals surface area contributed by atoms with E-state index in [4.69, 9.17) is 0 Å². The van der Waals surface area contributed by atoms with Crippen LogP contribution in [0.2, 0.25) is 0 Å². The molecule has 23 heavy (non-hydrogen) atoms. The zero-order valence-electron chi connectivity index (χ0n) is 12.3. The van der Waals surface area contributed by atoms with Crippen molar-refractivity contribution in [2.24, 2.45) is 0 Å². The van der Waals surface area contributed by atoms with Gasteiger partial charge in [-0.2, -0.15) is 5.10 Å². The third kappa shape index (κ3) is 3.29. The van der Waals surface area contributed by atoms with Crippen LogP contribution < -0.4 is 0 Å². The first kappa shape index (κ1) is 14.6. The molecule has 1 aromatic carbocycles. The van der Waals surface area contributed by atoms with Gasteiger partial charge in [0.05, 0.1) is 16.3 Å². The van der Waals surface area contributed by atoms with E-state index in [0.717, 1.165) is 16.8 Å². The van der Waals surface area contributed by atoms with Crippen LogP contribution in [0.5, 0.6) is 0 Å². The fourth-order valence-corrected chi connectivity index (χ4v) is 2.16. The van der Waals surface area contributed by atoms with Crippen LogP contribution >= 0.6 is 0 Å². The highest BCUT2D eigenvalue weighted by molar-refractivity contribution is 5.69. The maximum atomic E-state index is 10.6. The Morgan fingerprint density at radius 3 is 2.70 bits per heavy atom. The molecule has 0 spiro atoms. The molecule has 7 heteroatoms. The standard InChI is InChI=1S/C16H13N5O2/c1-12-8-13(3-7-16(12)20-11-17-10-19-20)2-4-14-5-6-15(9-18-14)21(22)23/h2-11H,1H3. The molecule has 0 bridgehead atoms. The van der Waals surface area contributed by atoms with Gasteiger partial charge < -0.3 is 0 Å². The summed E-state index contributed by atoms with van der Waals surface area (Å²) >= 11 is 0. The van der Waals surface area contributed by atoms with Crippen molar-refractivity contribution in [3.8, 4) is 5.69 Å². The number of benzene rings is 1. The van der Waals surface area contributed by atoms with E-state index >= 15 is 0 Å². The molecule has 3 aromatic rings. The lowest BCUT2D eigenvalue weighted by atomic mass is 10.1. The Labute approximate surface area is 132 Å². The van der Waals surface area contributed by atoms with Gasteiger partial charge in [0.25, 0.3) is 5.69 Å². The van der Waals surface area contributed by atoms with Crippen LogP contribution in [0.1, 0.15) is 16.8 Å². The molecule has 0 atom stereocenters. The minimum Gasteiger partial charge on any atom is -0.258 e. The third-order valence-electron chi connectivity index (χ3n) is 3.31. The molecule has 2 heterocycles. The van der Waals surface area contributed by atoms with E-state index < -0.39 is 4.92 Å². The van der Waals surface area contributed by atoms with Gasteiger partial charge in [-0.05, 0) is 42.3 Å². The predicted octanol–water partition coefficient (Wildman–Crippen LogP) is 3.05. The summed E-state index contributed by atoms with van der Waals surface area (Å²) in [5, 5.41) is 14.7. The Balaban J connectivity index is 1.80. The van der Waals surface area contributed by atoms with Gasteiger partial charge in [-0.3, -0.25) is 10.1 Å². The molecule has 0 N–H and O–H groups in total. The Hall–Kier alpha value is -3.35. The summed E-state index contributed by atoms with van der Waals surface area (Å²) in [5.74, 6) is 0. The van der Waals surface area contributed by atoms with Crippen LogP contribution in [-0.4, -0.2) is 24.7 Å². The van der Waals surface area contributed by atoms with Gasteiger partial charge >= 0.3 is 0 Å². The minimum absolute atomic E-state index is 0.0184. The molecule has 114 valence electrons. The molecule has 0 unspecified atom stereocenters. The van der Waals surface area contributed by atoms with Crippen molar-refractivity contribution >= 4 is 17.8 Å².